The molecular formula is C16H25NO3. The lowest BCUT2D eigenvalue weighted by Gasteiger charge is -2.30. The molecule has 4 nitrogen and oxygen atoms in total. The molecule has 1 aromatic rings. The summed E-state index contributed by atoms with van der Waals surface area (Å²) in [6, 6.07) is 6.65. The molecule has 1 unspecified atom stereocenters. The maximum absolute atomic E-state index is 5.45. The molecule has 20 heavy (non-hydrogen) atoms. The Labute approximate surface area is 121 Å². The molecule has 0 aliphatic carbocycles. The molecule has 0 amide bonds. The largest absolute Gasteiger partial charge is 0.493 e. The van der Waals surface area contributed by atoms with E-state index in [1.807, 2.05) is 13.1 Å². The number of rotatable bonds is 6. The fourth-order valence-corrected chi connectivity index (χ4v) is 2.88. The van der Waals surface area contributed by atoms with Crippen LogP contribution in [-0.2, 0) is 11.2 Å². The maximum atomic E-state index is 5.45. The van der Waals surface area contributed by atoms with Gasteiger partial charge in [0.25, 0.3) is 0 Å². The van der Waals surface area contributed by atoms with E-state index in [0.717, 1.165) is 44.0 Å². The van der Waals surface area contributed by atoms with Gasteiger partial charge < -0.3 is 19.5 Å². The van der Waals surface area contributed by atoms with Gasteiger partial charge in [-0.25, -0.2) is 0 Å². The molecule has 1 aliphatic rings. The SMILES string of the molecule is CNC(Cc1ccc(OC)c(OC)c1)C1CCOCC1. The highest BCUT2D eigenvalue weighted by Crippen LogP contribution is 2.29. The fraction of sp³-hybridized carbons (Fsp3) is 0.625. The maximum Gasteiger partial charge on any atom is 0.160 e. The number of methoxy groups -OCH3 is 2. The number of benzene rings is 1. The van der Waals surface area contributed by atoms with Crippen LogP contribution in [-0.4, -0.2) is 40.5 Å². The summed E-state index contributed by atoms with van der Waals surface area (Å²) in [5, 5.41) is 3.46. The van der Waals surface area contributed by atoms with Crippen LogP contribution < -0.4 is 14.8 Å². The minimum Gasteiger partial charge on any atom is -0.493 e. The van der Waals surface area contributed by atoms with Crippen molar-refractivity contribution < 1.29 is 14.2 Å². The zero-order chi connectivity index (χ0) is 14.4. The van der Waals surface area contributed by atoms with Crippen molar-refractivity contribution in [2.24, 2.45) is 5.92 Å². The molecule has 1 heterocycles. The van der Waals surface area contributed by atoms with Crippen molar-refractivity contribution >= 4 is 0 Å². The summed E-state index contributed by atoms with van der Waals surface area (Å²) in [6.07, 6.45) is 3.28. The first-order valence-corrected chi connectivity index (χ1v) is 7.24. The van der Waals surface area contributed by atoms with E-state index in [1.54, 1.807) is 14.2 Å². The molecule has 2 rings (SSSR count). The predicted octanol–water partition coefficient (Wildman–Crippen LogP) is 2.26. The first-order valence-electron chi connectivity index (χ1n) is 7.24. The smallest absolute Gasteiger partial charge is 0.160 e. The standard InChI is InChI=1S/C16H25NO3/c1-17-14(13-6-8-20-9-7-13)10-12-4-5-15(18-2)16(11-12)19-3/h4-5,11,13-14,17H,6-10H2,1-3H3. The number of ether oxygens (including phenoxy) is 3. The van der Waals surface area contributed by atoms with Crippen LogP contribution in [0.1, 0.15) is 18.4 Å². The second-order valence-corrected chi connectivity index (χ2v) is 5.24. The average Bonchev–Trinajstić information content (AvgIpc) is 2.53. The zero-order valence-electron chi connectivity index (χ0n) is 12.6. The molecule has 0 radical (unpaired) electrons. The van der Waals surface area contributed by atoms with Gasteiger partial charge in [0.1, 0.15) is 0 Å². The van der Waals surface area contributed by atoms with Crippen molar-refractivity contribution in [3.05, 3.63) is 23.8 Å². The van der Waals surface area contributed by atoms with Crippen molar-refractivity contribution in [3.63, 3.8) is 0 Å². The van der Waals surface area contributed by atoms with Gasteiger partial charge in [-0.15, -0.1) is 0 Å². The lowest BCUT2D eigenvalue weighted by Crippen LogP contribution is -2.38. The first-order chi connectivity index (χ1) is 9.78. The summed E-state index contributed by atoms with van der Waals surface area (Å²) in [5.74, 6) is 2.26. The molecule has 1 N–H and O–H groups in total. The van der Waals surface area contributed by atoms with Gasteiger partial charge in [0, 0.05) is 19.3 Å². The highest BCUT2D eigenvalue weighted by atomic mass is 16.5. The van der Waals surface area contributed by atoms with E-state index in [1.165, 1.54) is 5.56 Å². The third kappa shape index (κ3) is 3.64. The van der Waals surface area contributed by atoms with Crippen molar-refractivity contribution in [1.29, 1.82) is 0 Å². The minimum atomic E-state index is 0.483. The minimum absolute atomic E-state index is 0.483. The quantitative estimate of drug-likeness (QED) is 0.867. The molecule has 1 aromatic carbocycles. The Morgan fingerprint density at radius 1 is 1.20 bits per heavy atom. The Kier molecular flexibility index (Phi) is 5.68. The highest BCUT2D eigenvalue weighted by Gasteiger charge is 2.23. The summed E-state index contributed by atoms with van der Waals surface area (Å²) in [4.78, 5) is 0. The van der Waals surface area contributed by atoms with Gasteiger partial charge in [-0.3, -0.25) is 0 Å². The van der Waals surface area contributed by atoms with Crippen LogP contribution in [0.2, 0.25) is 0 Å². The van der Waals surface area contributed by atoms with E-state index >= 15 is 0 Å². The Balaban J connectivity index is 2.06. The summed E-state index contributed by atoms with van der Waals surface area (Å²) in [5.41, 5.74) is 1.27. The Morgan fingerprint density at radius 2 is 1.90 bits per heavy atom. The van der Waals surface area contributed by atoms with Gasteiger partial charge in [0.2, 0.25) is 0 Å². The second kappa shape index (κ2) is 7.50. The second-order valence-electron chi connectivity index (χ2n) is 5.24. The van der Waals surface area contributed by atoms with Crippen molar-refractivity contribution in [3.8, 4) is 11.5 Å². The third-order valence-corrected chi connectivity index (χ3v) is 4.11. The van der Waals surface area contributed by atoms with Crippen LogP contribution >= 0.6 is 0 Å². The van der Waals surface area contributed by atoms with E-state index in [9.17, 15) is 0 Å². The number of hydrogen-bond acceptors (Lipinski definition) is 4. The molecule has 1 saturated heterocycles. The predicted molar refractivity (Wildman–Crippen MR) is 79.6 cm³/mol. The molecule has 1 aliphatic heterocycles. The number of nitrogens with one attached hydrogen (secondary N) is 1. The number of hydrogen-bond donors (Lipinski definition) is 1. The van der Waals surface area contributed by atoms with Crippen molar-refractivity contribution in [2.75, 3.05) is 34.5 Å². The summed E-state index contributed by atoms with van der Waals surface area (Å²) in [7, 11) is 5.38. The first kappa shape index (κ1) is 15.1. The molecule has 0 saturated carbocycles. The lowest BCUT2D eigenvalue weighted by atomic mass is 9.87. The van der Waals surface area contributed by atoms with Crippen LogP contribution in [0.15, 0.2) is 18.2 Å². The summed E-state index contributed by atoms with van der Waals surface area (Å²) < 4.78 is 16.1. The molecule has 1 atom stereocenters. The van der Waals surface area contributed by atoms with Gasteiger partial charge in [0.15, 0.2) is 11.5 Å². The molecule has 0 aromatic heterocycles. The number of likely N-dealkylation sites (N-methyl/N-ethyl adjacent to an activating group) is 1. The van der Waals surface area contributed by atoms with Gasteiger partial charge in [-0.2, -0.15) is 0 Å². The Hall–Kier alpha value is -1.26. The fourth-order valence-electron chi connectivity index (χ4n) is 2.88. The summed E-state index contributed by atoms with van der Waals surface area (Å²) >= 11 is 0. The average molecular weight is 279 g/mol. The van der Waals surface area contributed by atoms with Gasteiger partial charge in [0.05, 0.1) is 14.2 Å². The van der Waals surface area contributed by atoms with Crippen molar-refractivity contribution in [1.82, 2.24) is 5.32 Å². The lowest BCUT2D eigenvalue weighted by molar-refractivity contribution is 0.0547. The monoisotopic (exact) mass is 279 g/mol. The van der Waals surface area contributed by atoms with E-state index < -0.39 is 0 Å². The van der Waals surface area contributed by atoms with E-state index in [4.69, 9.17) is 14.2 Å². The molecule has 1 fully saturated rings. The van der Waals surface area contributed by atoms with Crippen LogP contribution in [0.4, 0.5) is 0 Å². The van der Waals surface area contributed by atoms with Crippen molar-refractivity contribution in [2.45, 2.75) is 25.3 Å². The normalized spacial score (nSPS) is 17.8. The highest BCUT2D eigenvalue weighted by molar-refractivity contribution is 5.43. The van der Waals surface area contributed by atoms with Crippen LogP contribution in [0.5, 0.6) is 11.5 Å². The van der Waals surface area contributed by atoms with Gasteiger partial charge in [-0.05, 0) is 49.9 Å². The molecule has 0 bridgehead atoms. The van der Waals surface area contributed by atoms with E-state index in [-0.39, 0.29) is 0 Å². The van der Waals surface area contributed by atoms with E-state index in [2.05, 4.69) is 17.4 Å². The Morgan fingerprint density at radius 3 is 2.50 bits per heavy atom. The zero-order valence-corrected chi connectivity index (χ0v) is 12.6. The molecule has 0 spiro atoms. The van der Waals surface area contributed by atoms with Crippen LogP contribution in [0, 0.1) is 5.92 Å². The molecular weight excluding hydrogens is 254 g/mol. The third-order valence-electron chi connectivity index (χ3n) is 4.11. The topological polar surface area (TPSA) is 39.7 Å². The summed E-state index contributed by atoms with van der Waals surface area (Å²) in [6.45, 7) is 1.77. The van der Waals surface area contributed by atoms with E-state index in [0.29, 0.717) is 12.0 Å². The van der Waals surface area contributed by atoms with Crippen LogP contribution in [0.3, 0.4) is 0 Å². The molecule has 112 valence electrons. The van der Waals surface area contributed by atoms with Gasteiger partial charge in [-0.1, -0.05) is 6.07 Å². The Bertz CT molecular complexity index is 416. The molecule has 4 heteroatoms. The van der Waals surface area contributed by atoms with Crippen LogP contribution in [0.25, 0.3) is 0 Å². The van der Waals surface area contributed by atoms with Gasteiger partial charge >= 0.3 is 0 Å².